The van der Waals surface area contributed by atoms with Gasteiger partial charge >= 0.3 is 0 Å². The molecular formula is C45H62N4O4. The van der Waals surface area contributed by atoms with Crippen LogP contribution in [0.1, 0.15) is 143 Å². The Morgan fingerprint density at radius 1 is 0.736 bits per heavy atom. The second kappa shape index (κ2) is 21.9. The fourth-order valence-electron chi connectivity index (χ4n) is 7.24. The van der Waals surface area contributed by atoms with E-state index in [1.54, 1.807) is 0 Å². The maximum atomic E-state index is 12.9. The first-order valence-electron chi connectivity index (χ1n) is 20.3. The normalized spacial score (nSPS) is 18.8. The molecule has 0 bridgehead atoms. The van der Waals surface area contributed by atoms with Gasteiger partial charge in [-0.1, -0.05) is 146 Å². The minimum atomic E-state index is -0.528. The number of hydrogen-bond donors (Lipinski definition) is 2. The fourth-order valence-corrected chi connectivity index (χ4v) is 7.24. The molecular weight excluding hydrogens is 661 g/mol. The third-order valence-electron chi connectivity index (χ3n) is 10.6. The lowest BCUT2D eigenvalue weighted by atomic mass is 9.90. The molecule has 2 heterocycles. The zero-order valence-corrected chi connectivity index (χ0v) is 32.3. The van der Waals surface area contributed by atoms with Gasteiger partial charge in [-0.05, 0) is 54.8 Å². The van der Waals surface area contributed by atoms with Gasteiger partial charge in [-0.3, -0.25) is 9.78 Å². The molecule has 0 unspecified atom stereocenters. The van der Waals surface area contributed by atoms with Crippen LogP contribution >= 0.6 is 0 Å². The topological polar surface area (TPSA) is 96.8 Å². The minimum Gasteiger partial charge on any atom is -0.392 e. The van der Waals surface area contributed by atoms with Gasteiger partial charge in [-0.25, -0.2) is 4.98 Å². The summed E-state index contributed by atoms with van der Waals surface area (Å²) in [5.41, 5.74) is 5.66. The van der Waals surface area contributed by atoms with Gasteiger partial charge in [0.05, 0.1) is 36.0 Å². The zero-order chi connectivity index (χ0) is 37.3. The molecule has 0 radical (unpaired) electrons. The Labute approximate surface area is 317 Å². The predicted octanol–water partition coefficient (Wildman–Crippen LogP) is 9.87. The van der Waals surface area contributed by atoms with Crippen molar-refractivity contribution in [2.75, 3.05) is 19.6 Å². The Hall–Kier alpha value is -3.69. The van der Waals surface area contributed by atoms with Gasteiger partial charge in [-0.15, -0.1) is 0 Å². The van der Waals surface area contributed by atoms with Gasteiger partial charge < -0.3 is 24.8 Å². The number of para-hydroxylation sites is 2. The second-order valence-electron chi connectivity index (χ2n) is 14.8. The number of nitrogens with zero attached hydrogens (tertiary/aromatic N) is 3. The third-order valence-corrected chi connectivity index (χ3v) is 10.6. The Balaban J connectivity index is 1.26. The molecule has 53 heavy (non-hydrogen) atoms. The molecule has 1 aliphatic rings. The average molecular weight is 723 g/mol. The highest BCUT2D eigenvalue weighted by Gasteiger charge is 2.39. The molecule has 1 fully saturated rings. The number of benzene rings is 3. The summed E-state index contributed by atoms with van der Waals surface area (Å²) in [6.07, 6.45) is 16.3. The van der Waals surface area contributed by atoms with Crippen LogP contribution in [0.2, 0.25) is 0 Å². The summed E-state index contributed by atoms with van der Waals surface area (Å²) >= 11 is 0. The van der Waals surface area contributed by atoms with E-state index in [-0.39, 0.29) is 30.6 Å². The molecule has 0 spiro atoms. The van der Waals surface area contributed by atoms with Gasteiger partial charge in [0.1, 0.15) is 5.69 Å². The molecule has 1 amide bonds. The van der Waals surface area contributed by atoms with E-state index in [0.717, 1.165) is 47.4 Å². The standard InChI is InChI=1S/C45H62N4O4/c1-4-6-8-10-12-16-28-49(29-17-13-11-9-7-5-2)32-42-34(3)43(37-24-22-36(33-50)23-25-37)53-45(52-42)38-26-20-35(21-27-38)30-47-44(51)41-31-46-39-18-14-15-19-40(39)48-41/h14-15,18-27,31,34,42-43,45,50H,4-13,16-17,28-30,32-33H2,1-3H3,(H,47,51)/t34-,42+,43+,45+/m1/s1. The summed E-state index contributed by atoms with van der Waals surface area (Å²) in [7, 11) is 0. The highest BCUT2D eigenvalue weighted by molar-refractivity contribution is 5.93. The number of aromatic nitrogens is 2. The van der Waals surface area contributed by atoms with Gasteiger partial charge in [0.25, 0.3) is 5.91 Å². The third kappa shape index (κ3) is 12.4. The van der Waals surface area contributed by atoms with Crippen molar-refractivity contribution in [2.24, 2.45) is 5.92 Å². The molecule has 2 N–H and O–H groups in total. The number of unbranched alkanes of at least 4 members (excludes halogenated alkanes) is 10. The van der Waals surface area contributed by atoms with E-state index in [2.05, 4.69) is 53.1 Å². The summed E-state index contributed by atoms with van der Waals surface area (Å²) < 4.78 is 13.6. The highest BCUT2D eigenvalue weighted by atomic mass is 16.7. The number of carbonyl (C=O) groups is 1. The lowest BCUT2D eigenvalue weighted by Gasteiger charge is -2.43. The van der Waals surface area contributed by atoms with E-state index >= 15 is 0 Å². The van der Waals surface area contributed by atoms with E-state index in [1.807, 2.05) is 60.7 Å². The van der Waals surface area contributed by atoms with Crippen molar-refractivity contribution in [1.29, 1.82) is 0 Å². The molecule has 3 aromatic carbocycles. The number of carbonyl (C=O) groups excluding carboxylic acids is 1. The van der Waals surface area contributed by atoms with Crippen molar-refractivity contribution in [3.63, 3.8) is 0 Å². The molecule has 4 aromatic rings. The van der Waals surface area contributed by atoms with E-state index < -0.39 is 6.29 Å². The molecule has 1 saturated heterocycles. The smallest absolute Gasteiger partial charge is 0.271 e. The number of amides is 1. The molecule has 0 aliphatic carbocycles. The van der Waals surface area contributed by atoms with Crippen LogP contribution in [-0.2, 0) is 22.6 Å². The number of nitrogens with one attached hydrogen (secondary N) is 1. The Morgan fingerprint density at radius 2 is 1.32 bits per heavy atom. The largest absolute Gasteiger partial charge is 0.392 e. The van der Waals surface area contributed by atoms with Crippen molar-refractivity contribution < 1.29 is 19.4 Å². The molecule has 286 valence electrons. The monoisotopic (exact) mass is 722 g/mol. The fraction of sp³-hybridized carbons (Fsp3) is 0.533. The van der Waals surface area contributed by atoms with Crippen LogP contribution in [-0.4, -0.2) is 51.6 Å². The lowest BCUT2D eigenvalue weighted by molar-refractivity contribution is -0.276. The first-order chi connectivity index (χ1) is 26.0. The lowest BCUT2D eigenvalue weighted by Crippen LogP contribution is -2.45. The summed E-state index contributed by atoms with van der Waals surface area (Å²) in [5, 5.41) is 12.7. The summed E-state index contributed by atoms with van der Waals surface area (Å²) in [6.45, 7) is 10.3. The van der Waals surface area contributed by atoms with Crippen LogP contribution in [0.25, 0.3) is 11.0 Å². The number of rotatable bonds is 22. The maximum absolute atomic E-state index is 12.9. The number of hydrogen-bond acceptors (Lipinski definition) is 7. The molecule has 4 atom stereocenters. The van der Waals surface area contributed by atoms with Crippen LogP contribution in [0.15, 0.2) is 79.0 Å². The predicted molar refractivity (Wildman–Crippen MR) is 213 cm³/mol. The Bertz CT molecular complexity index is 1630. The highest BCUT2D eigenvalue weighted by Crippen LogP contribution is 2.42. The zero-order valence-electron chi connectivity index (χ0n) is 32.3. The minimum absolute atomic E-state index is 0.0153. The van der Waals surface area contributed by atoms with Crippen molar-refractivity contribution >= 4 is 16.9 Å². The van der Waals surface area contributed by atoms with E-state index in [1.165, 1.54) is 83.2 Å². The van der Waals surface area contributed by atoms with Crippen LogP contribution in [0.5, 0.6) is 0 Å². The van der Waals surface area contributed by atoms with Crippen molar-refractivity contribution in [1.82, 2.24) is 20.2 Å². The van der Waals surface area contributed by atoms with Crippen molar-refractivity contribution in [2.45, 2.75) is 129 Å². The summed E-state index contributed by atoms with van der Waals surface area (Å²) in [6, 6.07) is 23.8. The molecule has 0 saturated carbocycles. The number of aliphatic hydroxyl groups is 1. The van der Waals surface area contributed by atoms with Crippen LogP contribution < -0.4 is 5.32 Å². The quantitative estimate of drug-likeness (QED) is 0.0780. The van der Waals surface area contributed by atoms with Gasteiger partial charge in [0.2, 0.25) is 0 Å². The SMILES string of the molecule is CCCCCCCCN(CCCCCCCC)C[C@@H]1O[C@H](c2ccc(CNC(=O)c3cnc4ccccc4n3)cc2)O[C@H](c2ccc(CO)cc2)[C@@H]1C. The Kier molecular flexibility index (Phi) is 16.7. The first-order valence-corrected chi connectivity index (χ1v) is 20.3. The molecule has 5 rings (SSSR count). The van der Waals surface area contributed by atoms with Gasteiger partial charge in [0, 0.05) is 24.6 Å². The van der Waals surface area contributed by atoms with Gasteiger partial charge in [-0.2, -0.15) is 0 Å². The van der Waals surface area contributed by atoms with Crippen LogP contribution in [0.4, 0.5) is 0 Å². The average Bonchev–Trinajstić information content (AvgIpc) is 3.20. The summed E-state index contributed by atoms with van der Waals surface area (Å²) in [4.78, 5) is 24.4. The van der Waals surface area contributed by atoms with E-state index in [0.29, 0.717) is 17.8 Å². The molecule has 8 nitrogen and oxygen atoms in total. The van der Waals surface area contributed by atoms with Gasteiger partial charge in [0.15, 0.2) is 6.29 Å². The van der Waals surface area contributed by atoms with Crippen LogP contribution in [0, 0.1) is 5.92 Å². The molecule has 8 heteroatoms. The molecule has 1 aliphatic heterocycles. The van der Waals surface area contributed by atoms with E-state index in [4.69, 9.17) is 9.47 Å². The summed E-state index contributed by atoms with van der Waals surface area (Å²) in [5.74, 6) is -0.125. The second-order valence-corrected chi connectivity index (χ2v) is 14.8. The first kappa shape index (κ1) is 40.5. The number of fused-ring (bicyclic) bond motifs is 1. The molecule has 1 aromatic heterocycles. The van der Waals surface area contributed by atoms with Crippen molar-refractivity contribution in [3.8, 4) is 0 Å². The number of ether oxygens (including phenoxy) is 2. The number of aliphatic hydroxyl groups excluding tert-OH is 1. The Morgan fingerprint density at radius 3 is 1.96 bits per heavy atom. The van der Waals surface area contributed by atoms with E-state index in [9.17, 15) is 9.90 Å². The van der Waals surface area contributed by atoms with Crippen molar-refractivity contribution in [3.05, 3.63) is 107 Å². The van der Waals surface area contributed by atoms with Crippen LogP contribution in [0.3, 0.4) is 0 Å². The maximum Gasteiger partial charge on any atom is 0.271 e.